The summed E-state index contributed by atoms with van der Waals surface area (Å²) < 4.78 is 29.9. The fourth-order valence-electron chi connectivity index (χ4n) is 2.96. The Morgan fingerprint density at radius 3 is 2.45 bits per heavy atom. The van der Waals surface area contributed by atoms with Crippen LogP contribution in [0.1, 0.15) is 33.2 Å². The van der Waals surface area contributed by atoms with Crippen LogP contribution in [0.25, 0.3) is 0 Å². The van der Waals surface area contributed by atoms with E-state index in [1.54, 1.807) is 18.2 Å². The Balaban J connectivity index is 1.58. The lowest BCUT2D eigenvalue weighted by Crippen LogP contribution is -2.14. The Hall–Kier alpha value is -3.45. The van der Waals surface area contributed by atoms with Crippen LogP contribution in [0.4, 0.5) is 4.39 Å². The third kappa shape index (κ3) is 4.83. The summed E-state index contributed by atoms with van der Waals surface area (Å²) in [6.07, 6.45) is 1.53. The quantitative estimate of drug-likeness (QED) is 0.323. The molecule has 0 aliphatic carbocycles. The maximum atomic E-state index is 13.1. The van der Waals surface area contributed by atoms with E-state index in [1.165, 1.54) is 18.2 Å². The van der Waals surface area contributed by atoms with Gasteiger partial charge in [-0.3, -0.25) is 9.59 Å². The molecule has 31 heavy (non-hydrogen) atoms. The molecule has 2 heterocycles. The normalized spacial score (nSPS) is 10.8. The molecule has 0 aliphatic rings. The summed E-state index contributed by atoms with van der Waals surface area (Å²) in [5, 5.41) is 0. The lowest BCUT2D eigenvalue weighted by atomic mass is 10.1. The summed E-state index contributed by atoms with van der Waals surface area (Å²) in [6.45, 7) is 0.0936. The van der Waals surface area contributed by atoms with Gasteiger partial charge in [-0.2, -0.15) is 0 Å². The maximum Gasteiger partial charge on any atom is 0.267 e. The third-order valence-electron chi connectivity index (χ3n) is 4.52. The molecule has 7 heteroatoms. The zero-order chi connectivity index (χ0) is 21.8. The molecule has 0 bridgehead atoms. The van der Waals surface area contributed by atoms with E-state index in [-0.39, 0.29) is 34.2 Å². The van der Waals surface area contributed by atoms with Crippen molar-refractivity contribution in [3.8, 4) is 5.75 Å². The molecule has 156 valence electrons. The minimum absolute atomic E-state index is 0.00662. The summed E-state index contributed by atoms with van der Waals surface area (Å²) in [5.74, 6) is -0.856. The van der Waals surface area contributed by atoms with Crippen LogP contribution in [-0.2, 0) is 13.0 Å². The van der Waals surface area contributed by atoms with Gasteiger partial charge >= 0.3 is 0 Å². The molecular weight excluding hydrogens is 467 g/mol. The van der Waals surface area contributed by atoms with E-state index in [0.717, 1.165) is 17.4 Å². The summed E-state index contributed by atoms with van der Waals surface area (Å²) in [5.41, 5.74) is 1.17. The summed E-state index contributed by atoms with van der Waals surface area (Å²) >= 11 is 3.11. The van der Waals surface area contributed by atoms with Crippen LogP contribution in [0.3, 0.4) is 0 Å². The van der Waals surface area contributed by atoms with Gasteiger partial charge in [0.25, 0.3) is 5.78 Å². The van der Waals surface area contributed by atoms with Crippen molar-refractivity contribution in [3.63, 3.8) is 0 Å². The largest absolute Gasteiger partial charge is 0.481 e. The average molecular weight is 483 g/mol. The van der Waals surface area contributed by atoms with Crippen molar-refractivity contribution in [1.29, 1.82) is 0 Å². The number of rotatable bonds is 7. The third-order valence-corrected chi connectivity index (χ3v) is 5.07. The number of halogens is 2. The first-order chi connectivity index (χ1) is 15.0. The number of hydrogen-bond donors (Lipinski definition) is 0. The van der Waals surface area contributed by atoms with Crippen molar-refractivity contribution in [1.82, 2.24) is 0 Å². The van der Waals surface area contributed by atoms with Crippen molar-refractivity contribution in [2.75, 3.05) is 0 Å². The minimum Gasteiger partial charge on any atom is -0.481 e. The zero-order valence-corrected chi connectivity index (χ0v) is 17.7. The zero-order valence-electron chi connectivity index (χ0n) is 16.1. The van der Waals surface area contributed by atoms with Crippen LogP contribution < -0.4 is 10.2 Å². The predicted molar refractivity (Wildman–Crippen MR) is 115 cm³/mol. The van der Waals surface area contributed by atoms with Crippen LogP contribution in [0.15, 0.2) is 91.1 Å². The highest BCUT2D eigenvalue weighted by molar-refractivity contribution is 9.10. The summed E-state index contributed by atoms with van der Waals surface area (Å²) in [6, 6.07) is 18.4. The number of carbonyl (C=O) groups excluding carboxylic acids is 1. The molecule has 0 radical (unpaired) electrons. The van der Waals surface area contributed by atoms with Gasteiger partial charge in [-0.15, -0.1) is 0 Å². The molecule has 2 aromatic heterocycles. The highest BCUT2D eigenvalue weighted by atomic mass is 79.9. The summed E-state index contributed by atoms with van der Waals surface area (Å²) in [7, 11) is 0. The molecule has 4 rings (SSSR count). The Kier molecular flexibility index (Phi) is 6.13. The Morgan fingerprint density at radius 2 is 1.71 bits per heavy atom. The smallest absolute Gasteiger partial charge is 0.267 e. The average Bonchev–Trinajstić information content (AvgIpc) is 3.25. The monoisotopic (exact) mass is 482 g/mol. The molecule has 2 aromatic carbocycles. The Labute approximate surface area is 185 Å². The molecule has 0 amide bonds. The molecule has 4 aromatic rings. The van der Waals surface area contributed by atoms with Gasteiger partial charge in [0.05, 0.1) is 0 Å². The highest BCUT2D eigenvalue weighted by Crippen LogP contribution is 2.24. The molecule has 0 fully saturated rings. The maximum absolute atomic E-state index is 13.1. The number of ether oxygens (including phenoxy) is 1. The fraction of sp³-hybridized carbons (Fsp3) is 0.0833. The van der Waals surface area contributed by atoms with Crippen LogP contribution in [0.5, 0.6) is 5.75 Å². The van der Waals surface area contributed by atoms with E-state index < -0.39 is 11.2 Å². The molecule has 0 unspecified atom stereocenters. The van der Waals surface area contributed by atoms with E-state index >= 15 is 0 Å². The SMILES string of the molecule is O=C(c1ccc(Cc2ccc(F)cc2)o1)c1occ(Br)c(=O)c1OCc1ccccc1. The number of carbonyl (C=O) groups is 1. The molecule has 0 saturated carbocycles. The van der Waals surface area contributed by atoms with Crippen LogP contribution in [-0.4, -0.2) is 5.78 Å². The lowest BCUT2D eigenvalue weighted by Gasteiger charge is -2.09. The van der Waals surface area contributed by atoms with Gasteiger partial charge in [-0.05, 0) is 51.3 Å². The lowest BCUT2D eigenvalue weighted by molar-refractivity contribution is 0.0971. The molecule has 0 saturated heterocycles. The number of hydrogen-bond acceptors (Lipinski definition) is 5. The molecule has 5 nitrogen and oxygen atoms in total. The Morgan fingerprint density at radius 1 is 0.968 bits per heavy atom. The number of furan rings is 1. The van der Waals surface area contributed by atoms with Gasteiger partial charge in [-0.1, -0.05) is 42.5 Å². The topological polar surface area (TPSA) is 69.7 Å². The van der Waals surface area contributed by atoms with E-state index in [4.69, 9.17) is 13.6 Å². The minimum atomic E-state index is -0.613. The van der Waals surface area contributed by atoms with Crippen LogP contribution in [0, 0.1) is 5.82 Å². The highest BCUT2D eigenvalue weighted by Gasteiger charge is 2.25. The second-order valence-corrected chi connectivity index (χ2v) is 7.60. The first kappa shape index (κ1) is 20.8. The van der Waals surface area contributed by atoms with Crippen molar-refractivity contribution < 1.29 is 22.8 Å². The van der Waals surface area contributed by atoms with Gasteiger partial charge < -0.3 is 13.6 Å². The van der Waals surface area contributed by atoms with E-state index in [1.807, 2.05) is 30.3 Å². The van der Waals surface area contributed by atoms with Crippen molar-refractivity contribution >= 4 is 21.7 Å². The number of benzene rings is 2. The standard InChI is InChI=1S/C24H16BrFO5/c25-19-14-30-24(23(21(19)27)29-13-16-4-2-1-3-5-16)22(28)20-11-10-18(31-20)12-15-6-8-17(26)9-7-15/h1-11,14H,12-13H2. The fourth-order valence-corrected chi connectivity index (χ4v) is 3.23. The summed E-state index contributed by atoms with van der Waals surface area (Å²) in [4.78, 5) is 25.6. The van der Waals surface area contributed by atoms with Gasteiger partial charge in [0.15, 0.2) is 5.76 Å². The first-order valence-electron chi connectivity index (χ1n) is 9.37. The molecule has 0 aliphatic heterocycles. The second-order valence-electron chi connectivity index (χ2n) is 6.74. The van der Waals surface area contributed by atoms with Gasteiger partial charge in [0.2, 0.25) is 16.9 Å². The van der Waals surface area contributed by atoms with E-state index in [9.17, 15) is 14.0 Å². The molecule has 0 atom stereocenters. The molecular formula is C24H16BrFO5. The Bertz CT molecular complexity index is 1260. The number of ketones is 1. The van der Waals surface area contributed by atoms with Gasteiger partial charge in [-0.25, -0.2) is 4.39 Å². The molecule has 0 N–H and O–H groups in total. The van der Waals surface area contributed by atoms with Crippen LogP contribution in [0.2, 0.25) is 0 Å². The van der Waals surface area contributed by atoms with Crippen LogP contribution >= 0.6 is 15.9 Å². The molecule has 0 spiro atoms. The second kappa shape index (κ2) is 9.14. The van der Waals surface area contributed by atoms with Gasteiger partial charge in [0, 0.05) is 6.42 Å². The van der Waals surface area contributed by atoms with E-state index in [0.29, 0.717) is 12.2 Å². The van der Waals surface area contributed by atoms with Crippen molar-refractivity contribution in [2.45, 2.75) is 13.0 Å². The van der Waals surface area contributed by atoms with Crippen molar-refractivity contribution in [2.24, 2.45) is 0 Å². The van der Waals surface area contributed by atoms with Gasteiger partial charge in [0.1, 0.15) is 28.9 Å². The first-order valence-corrected chi connectivity index (χ1v) is 10.2. The van der Waals surface area contributed by atoms with Crippen molar-refractivity contribution in [3.05, 3.63) is 122 Å². The predicted octanol–water partition coefficient (Wildman–Crippen LogP) is 5.54. The van der Waals surface area contributed by atoms with E-state index in [2.05, 4.69) is 15.9 Å².